The van der Waals surface area contributed by atoms with E-state index in [1.807, 2.05) is 18.2 Å². The van der Waals surface area contributed by atoms with E-state index in [2.05, 4.69) is 10.5 Å². The molecule has 3 aromatic rings. The van der Waals surface area contributed by atoms with Crippen LogP contribution in [0.1, 0.15) is 11.3 Å². The second-order valence-corrected chi connectivity index (χ2v) is 6.60. The van der Waals surface area contributed by atoms with Gasteiger partial charge in [0.15, 0.2) is 17.3 Å². The number of rotatable bonds is 5. The van der Waals surface area contributed by atoms with E-state index >= 15 is 0 Å². The first kappa shape index (κ1) is 18.3. The number of hydrogen-bond acceptors (Lipinski definition) is 5. The summed E-state index contributed by atoms with van der Waals surface area (Å²) in [5, 5.41) is 6.86. The monoisotopic (exact) mass is 402 g/mol. The van der Waals surface area contributed by atoms with Crippen molar-refractivity contribution in [2.75, 3.05) is 13.2 Å². The molecule has 0 unspecified atom stereocenters. The molecule has 1 amide bonds. The van der Waals surface area contributed by atoms with Gasteiger partial charge < -0.3 is 19.3 Å². The molecule has 1 aliphatic rings. The maximum absolute atomic E-state index is 13.8. The van der Waals surface area contributed by atoms with E-state index in [-0.39, 0.29) is 29.5 Å². The molecule has 0 bridgehead atoms. The highest BCUT2D eigenvalue weighted by Gasteiger charge is 2.16. The van der Waals surface area contributed by atoms with Gasteiger partial charge in [-0.05, 0) is 30.3 Å². The van der Waals surface area contributed by atoms with Crippen LogP contribution < -0.4 is 14.8 Å². The van der Waals surface area contributed by atoms with Crippen LogP contribution in [0.25, 0.3) is 11.3 Å². The summed E-state index contributed by atoms with van der Waals surface area (Å²) in [6, 6.07) is 11.5. The van der Waals surface area contributed by atoms with Crippen LogP contribution in [-0.2, 0) is 17.8 Å². The largest absolute Gasteiger partial charge is 0.486 e. The minimum absolute atomic E-state index is 0.152. The number of hydrogen-bond donors (Lipinski definition) is 1. The Labute approximate surface area is 165 Å². The van der Waals surface area contributed by atoms with E-state index in [4.69, 9.17) is 25.6 Å². The van der Waals surface area contributed by atoms with Crippen molar-refractivity contribution in [1.82, 2.24) is 10.5 Å². The molecule has 0 atom stereocenters. The lowest BCUT2D eigenvalue weighted by atomic mass is 10.1. The highest BCUT2D eigenvalue weighted by Crippen LogP contribution is 2.34. The zero-order chi connectivity index (χ0) is 19.5. The lowest BCUT2D eigenvalue weighted by Gasteiger charge is -2.18. The molecule has 6 nitrogen and oxygen atoms in total. The first-order chi connectivity index (χ1) is 13.6. The Kier molecular flexibility index (Phi) is 5.16. The number of ether oxygens (including phenoxy) is 2. The first-order valence-electron chi connectivity index (χ1n) is 8.65. The van der Waals surface area contributed by atoms with Crippen LogP contribution in [0, 0.1) is 5.82 Å². The number of nitrogens with one attached hydrogen (secondary N) is 1. The minimum Gasteiger partial charge on any atom is -0.486 e. The molecular weight excluding hydrogens is 387 g/mol. The number of aromatic nitrogens is 1. The van der Waals surface area contributed by atoms with Gasteiger partial charge in [0.05, 0.1) is 13.0 Å². The number of nitrogens with zero attached hydrogens (tertiary/aromatic N) is 1. The van der Waals surface area contributed by atoms with Crippen LogP contribution in [0.15, 0.2) is 47.0 Å². The molecule has 4 rings (SSSR count). The van der Waals surface area contributed by atoms with Gasteiger partial charge in [0.1, 0.15) is 24.7 Å². The van der Waals surface area contributed by atoms with Crippen molar-refractivity contribution in [3.8, 4) is 22.8 Å². The van der Waals surface area contributed by atoms with E-state index < -0.39 is 5.82 Å². The van der Waals surface area contributed by atoms with Gasteiger partial charge in [-0.25, -0.2) is 4.39 Å². The highest BCUT2D eigenvalue weighted by molar-refractivity contribution is 6.31. The van der Waals surface area contributed by atoms with Crippen molar-refractivity contribution >= 4 is 17.5 Å². The molecule has 28 heavy (non-hydrogen) atoms. The standard InChI is InChI=1S/C20H16ClFN2O4/c21-15-2-1-3-16(22)14(15)10-20(25)23-11-13-9-18(28-24-13)12-4-5-17-19(8-12)27-7-6-26-17/h1-5,8-9H,6-7,10-11H2,(H,23,25). The SMILES string of the molecule is O=C(Cc1c(F)cccc1Cl)NCc1cc(-c2ccc3c(c2)OCCO3)on1. The third-order valence-corrected chi connectivity index (χ3v) is 4.61. The summed E-state index contributed by atoms with van der Waals surface area (Å²) >= 11 is 5.95. The molecule has 2 heterocycles. The molecule has 0 aliphatic carbocycles. The molecule has 0 saturated heterocycles. The number of halogens is 2. The van der Waals surface area contributed by atoms with Gasteiger partial charge in [0.2, 0.25) is 5.91 Å². The van der Waals surface area contributed by atoms with E-state index in [9.17, 15) is 9.18 Å². The zero-order valence-corrected chi connectivity index (χ0v) is 15.5. The van der Waals surface area contributed by atoms with Crippen LogP contribution in [0.5, 0.6) is 11.5 Å². The third kappa shape index (κ3) is 3.94. The normalized spacial score (nSPS) is 12.6. The van der Waals surface area contributed by atoms with Crippen LogP contribution in [0.4, 0.5) is 4.39 Å². The van der Waals surface area contributed by atoms with Crippen molar-refractivity contribution in [3.05, 3.63) is 64.6 Å². The Morgan fingerprint density at radius 1 is 1.14 bits per heavy atom. The van der Waals surface area contributed by atoms with E-state index in [1.165, 1.54) is 12.1 Å². The predicted octanol–water partition coefficient (Wildman–Crippen LogP) is 3.76. The summed E-state index contributed by atoms with van der Waals surface area (Å²) in [4.78, 5) is 12.1. The van der Waals surface area contributed by atoms with Gasteiger partial charge in [0.25, 0.3) is 0 Å². The Morgan fingerprint density at radius 2 is 1.96 bits per heavy atom. The predicted molar refractivity (Wildman–Crippen MR) is 99.9 cm³/mol. The number of carbonyl (C=O) groups is 1. The fraction of sp³-hybridized carbons (Fsp3) is 0.200. The molecule has 0 fully saturated rings. The van der Waals surface area contributed by atoms with Gasteiger partial charge in [-0.2, -0.15) is 0 Å². The molecule has 2 aromatic carbocycles. The second kappa shape index (κ2) is 7.90. The summed E-state index contributed by atoms with van der Waals surface area (Å²) in [6.45, 7) is 1.17. The first-order valence-corrected chi connectivity index (χ1v) is 9.03. The maximum atomic E-state index is 13.8. The number of amides is 1. The van der Waals surface area contributed by atoms with Crippen LogP contribution in [0.3, 0.4) is 0 Å². The molecule has 1 aromatic heterocycles. The summed E-state index contributed by atoms with van der Waals surface area (Å²) in [5.74, 6) is 1.00. The molecule has 1 aliphatic heterocycles. The molecule has 0 spiro atoms. The lowest BCUT2D eigenvalue weighted by Crippen LogP contribution is -2.25. The third-order valence-electron chi connectivity index (χ3n) is 4.25. The van der Waals surface area contributed by atoms with Gasteiger partial charge in [-0.3, -0.25) is 4.79 Å². The molecule has 144 valence electrons. The van der Waals surface area contributed by atoms with E-state index in [1.54, 1.807) is 12.1 Å². The van der Waals surface area contributed by atoms with E-state index in [0.29, 0.717) is 36.2 Å². The van der Waals surface area contributed by atoms with Crippen molar-refractivity contribution in [1.29, 1.82) is 0 Å². The van der Waals surface area contributed by atoms with Gasteiger partial charge in [0, 0.05) is 22.2 Å². The van der Waals surface area contributed by atoms with Crippen LogP contribution >= 0.6 is 11.6 Å². The second-order valence-electron chi connectivity index (χ2n) is 6.19. The molecule has 8 heteroatoms. The lowest BCUT2D eigenvalue weighted by molar-refractivity contribution is -0.120. The van der Waals surface area contributed by atoms with Crippen molar-refractivity contribution in [2.24, 2.45) is 0 Å². The number of benzene rings is 2. The Hall–Kier alpha value is -3.06. The summed E-state index contributed by atoms with van der Waals surface area (Å²) in [7, 11) is 0. The summed E-state index contributed by atoms with van der Waals surface area (Å²) in [5.41, 5.74) is 1.49. The Bertz CT molecular complexity index is 1000. The number of carbonyl (C=O) groups excluding carboxylic acids is 1. The van der Waals surface area contributed by atoms with Crippen molar-refractivity contribution < 1.29 is 23.2 Å². The molecule has 1 N–H and O–H groups in total. The Morgan fingerprint density at radius 3 is 2.79 bits per heavy atom. The van der Waals surface area contributed by atoms with E-state index in [0.717, 1.165) is 5.56 Å². The minimum atomic E-state index is -0.509. The van der Waals surface area contributed by atoms with Gasteiger partial charge >= 0.3 is 0 Å². The maximum Gasteiger partial charge on any atom is 0.224 e. The summed E-state index contributed by atoms with van der Waals surface area (Å²) in [6.07, 6.45) is -0.154. The summed E-state index contributed by atoms with van der Waals surface area (Å²) < 4.78 is 30.2. The van der Waals surface area contributed by atoms with Crippen LogP contribution in [0.2, 0.25) is 5.02 Å². The fourth-order valence-corrected chi connectivity index (χ4v) is 3.07. The topological polar surface area (TPSA) is 73.6 Å². The Balaban J connectivity index is 1.39. The molecule has 0 radical (unpaired) electrons. The molecular formula is C20H16ClFN2O4. The van der Waals surface area contributed by atoms with Gasteiger partial charge in [-0.15, -0.1) is 0 Å². The smallest absolute Gasteiger partial charge is 0.224 e. The van der Waals surface area contributed by atoms with Crippen LogP contribution in [-0.4, -0.2) is 24.3 Å². The van der Waals surface area contributed by atoms with Crippen molar-refractivity contribution in [3.63, 3.8) is 0 Å². The van der Waals surface area contributed by atoms with Crippen molar-refractivity contribution in [2.45, 2.75) is 13.0 Å². The average Bonchev–Trinajstić information content (AvgIpc) is 3.18. The highest BCUT2D eigenvalue weighted by atomic mass is 35.5. The number of fused-ring (bicyclic) bond motifs is 1. The quantitative estimate of drug-likeness (QED) is 0.703. The van der Waals surface area contributed by atoms with Gasteiger partial charge in [-0.1, -0.05) is 22.8 Å². The average molecular weight is 403 g/mol. The molecule has 0 saturated carbocycles. The fourth-order valence-electron chi connectivity index (χ4n) is 2.84. The zero-order valence-electron chi connectivity index (χ0n) is 14.7.